The third kappa shape index (κ3) is 3.06. The van der Waals surface area contributed by atoms with Crippen LogP contribution in [0.1, 0.15) is 0 Å². The monoisotopic (exact) mass is 378 g/mol. The van der Waals surface area contributed by atoms with E-state index in [2.05, 4.69) is 9.97 Å². The Balaban J connectivity index is 1.79. The van der Waals surface area contributed by atoms with Gasteiger partial charge in [-0.2, -0.15) is 0 Å². The Kier molecular flexibility index (Phi) is 4.07. The van der Waals surface area contributed by atoms with Crippen LogP contribution >= 0.6 is 23.1 Å². The molecule has 1 fully saturated rings. The lowest BCUT2D eigenvalue weighted by Gasteiger charge is -2.13. The number of nitrogens with zero attached hydrogens (tertiary/aromatic N) is 2. The summed E-state index contributed by atoms with van der Waals surface area (Å²) in [5.41, 5.74) is 0.814. The topological polar surface area (TPSA) is 80.2 Å². The highest BCUT2D eigenvalue weighted by Crippen LogP contribution is 2.35. The number of thioether (sulfide) groups is 1. The number of sulfone groups is 1. The summed E-state index contributed by atoms with van der Waals surface area (Å²) in [7, 11) is -3.18. The number of aliphatic hydroxyl groups excluding tert-OH is 1. The number of fused-ring (bicyclic) bond motifs is 1. The molecule has 1 aromatic carbocycles. The molecule has 5 nitrogen and oxygen atoms in total. The first-order valence-corrected chi connectivity index (χ1v) is 11.0. The quantitative estimate of drug-likeness (QED) is 0.706. The Morgan fingerprint density at radius 3 is 2.67 bits per heavy atom. The van der Waals surface area contributed by atoms with Crippen LogP contribution in [0.4, 0.5) is 0 Å². The van der Waals surface area contributed by atoms with E-state index in [1.807, 2.05) is 41.8 Å². The first-order valence-electron chi connectivity index (χ1n) is 7.38. The van der Waals surface area contributed by atoms with E-state index in [-0.39, 0.29) is 11.5 Å². The maximum absolute atomic E-state index is 11.8. The zero-order chi connectivity index (χ0) is 16.7. The van der Waals surface area contributed by atoms with Gasteiger partial charge in [-0.15, -0.1) is 11.3 Å². The second-order valence-corrected chi connectivity index (χ2v) is 9.98. The van der Waals surface area contributed by atoms with Gasteiger partial charge in [0.1, 0.15) is 5.03 Å². The van der Waals surface area contributed by atoms with E-state index in [1.54, 1.807) is 11.3 Å². The first kappa shape index (κ1) is 16.0. The highest BCUT2D eigenvalue weighted by atomic mass is 32.2. The highest BCUT2D eigenvalue weighted by molar-refractivity contribution is 8.02. The molecule has 0 spiro atoms. The number of hydrogen-bond donors (Lipinski definition) is 1. The molecule has 24 heavy (non-hydrogen) atoms. The smallest absolute Gasteiger partial charge is 0.171 e. The third-order valence-electron chi connectivity index (χ3n) is 3.84. The van der Waals surface area contributed by atoms with Gasteiger partial charge in [-0.05, 0) is 17.5 Å². The average molecular weight is 379 g/mol. The van der Waals surface area contributed by atoms with Crippen LogP contribution in [0.5, 0.6) is 0 Å². The number of benzene rings is 1. The Labute approximate surface area is 147 Å². The van der Waals surface area contributed by atoms with Crippen molar-refractivity contribution < 1.29 is 13.5 Å². The maximum Gasteiger partial charge on any atom is 0.171 e. The Morgan fingerprint density at radius 1 is 1.12 bits per heavy atom. The first-order chi connectivity index (χ1) is 11.5. The Bertz CT molecular complexity index is 987. The van der Waals surface area contributed by atoms with E-state index in [4.69, 9.17) is 0 Å². The fraction of sp³-hybridized carbons (Fsp3) is 0.250. The van der Waals surface area contributed by atoms with Gasteiger partial charge in [0, 0.05) is 5.39 Å². The summed E-state index contributed by atoms with van der Waals surface area (Å²) in [5.74, 6) is 0.429. The van der Waals surface area contributed by atoms with E-state index >= 15 is 0 Å². The van der Waals surface area contributed by atoms with Crippen molar-refractivity contribution in [3.8, 4) is 10.7 Å². The van der Waals surface area contributed by atoms with Crippen molar-refractivity contribution in [3.05, 3.63) is 41.8 Å². The fourth-order valence-electron chi connectivity index (χ4n) is 2.71. The van der Waals surface area contributed by atoms with Crippen molar-refractivity contribution >= 4 is 43.8 Å². The summed E-state index contributed by atoms with van der Waals surface area (Å²) in [4.78, 5) is 10.2. The van der Waals surface area contributed by atoms with Gasteiger partial charge in [-0.1, -0.05) is 36.0 Å². The molecule has 1 aliphatic rings. The van der Waals surface area contributed by atoms with Crippen LogP contribution in [-0.4, -0.2) is 46.4 Å². The molecule has 8 heteroatoms. The SMILES string of the molecule is O=S1(=O)C[C@@H](O)[C@H](Sc2nc(-c3cccs3)nc3ccccc23)C1. The largest absolute Gasteiger partial charge is 0.391 e. The van der Waals surface area contributed by atoms with Crippen LogP contribution in [0.25, 0.3) is 21.6 Å². The van der Waals surface area contributed by atoms with E-state index in [9.17, 15) is 13.5 Å². The fourth-order valence-corrected chi connectivity index (χ4v) is 6.97. The van der Waals surface area contributed by atoms with Gasteiger partial charge in [-0.25, -0.2) is 18.4 Å². The average Bonchev–Trinajstić information content (AvgIpc) is 3.15. The van der Waals surface area contributed by atoms with Crippen LogP contribution in [0.2, 0.25) is 0 Å². The number of hydrogen-bond acceptors (Lipinski definition) is 7. The molecule has 2 atom stereocenters. The normalized spacial score (nSPS) is 22.9. The highest BCUT2D eigenvalue weighted by Gasteiger charge is 2.37. The number of para-hydroxylation sites is 1. The zero-order valence-electron chi connectivity index (χ0n) is 12.5. The van der Waals surface area contributed by atoms with Gasteiger partial charge in [0.2, 0.25) is 0 Å². The molecule has 3 heterocycles. The summed E-state index contributed by atoms with van der Waals surface area (Å²) < 4.78 is 23.5. The van der Waals surface area contributed by atoms with Crippen molar-refractivity contribution in [1.82, 2.24) is 9.97 Å². The van der Waals surface area contributed by atoms with Crippen LogP contribution < -0.4 is 0 Å². The summed E-state index contributed by atoms with van der Waals surface area (Å²) in [6, 6.07) is 11.6. The van der Waals surface area contributed by atoms with Crippen LogP contribution in [-0.2, 0) is 9.84 Å². The van der Waals surface area contributed by atoms with Gasteiger partial charge in [0.05, 0.1) is 33.3 Å². The molecule has 1 aliphatic heterocycles. The lowest BCUT2D eigenvalue weighted by atomic mass is 10.2. The van der Waals surface area contributed by atoms with Gasteiger partial charge < -0.3 is 5.11 Å². The van der Waals surface area contributed by atoms with Crippen molar-refractivity contribution in [3.63, 3.8) is 0 Å². The Hall–Kier alpha value is -1.48. The molecule has 124 valence electrons. The van der Waals surface area contributed by atoms with E-state index in [0.29, 0.717) is 10.9 Å². The molecule has 0 bridgehead atoms. The lowest BCUT2D eigenvalue weighted by Crippen LogP contribution is -2.20. The number of aliphatic hydroxyl groups is 1. The minimum Gasteiger partial charge on any atom is -0.391 e. The maximum atomic E-state index is 11.8. The summed E-state index contributed by atoms with van der Waals surface area (Å²) in [6.45, 7) is 0. The lowest BCUT2D eigenvalue weighted by molar-refractivity contribution is 0.207. The molecule has 4 rings (SSSR count). The molecule has 0 radical (unpaired) electrons. The number of aromatic nitrogens is 2. The van der Waals surface area contributed by atoms with Gasteiger partial charge in [0.15, 0.2) is 15.7 Å². The second kappa shape index (κ2) is 6.11. The van der Waals surface area contributed by atoms with Crippen LogP contribution in [0.3, 0.4) is 0 Å². The Morgan fingerprint density at radius 2 is 1.96 bits per heavy atom. The van der Waals surface area contributed by atoms with Crippen LogP contribution in [0.15, 0.2) is 46.8 Å². The van der Waals surface area contributed by atoms with Crippen molar-refractivity contribution in [2.75, 3.05) is 11.5 Å². The summed E-state index contributed by atoms with van der Waals surface area (Å²) in [6.07, 6.45) is -0.862. The molecule has 0 aliphatic carbocycles. The molecule has 3 aromatic rings. The molecule has 2 aromatic heterocycles. The van der Waals surface area contributed by atoms with Crippen molar-refractivity contribution in [2.45, 2.75) is 16.4 Å². The molecule has 1 N–H and O–H groups in total. The van der Waals surface area contributed by atoms with E-state index in [1.165, 1.54) is 11.8 Å². The summed E-state index contributed by atoms with van der Waals surface area (Å²) in [5, 5.41) is 13.2. The third-order valence-corrected chi connectivity index (χ3v) is 7.96. The molecule has 0 saturated carbocycles. The molecule has 0 unspecified atom stereocenters. The van der Waals surface area contributed by atoms with Gasteiger partial charge in [0.25, 0.3) is 0 Å². The summed E-state index contributed by atoms with van der Waals surface area (Å²) >= 11 is 2.88. The van der Waals surface area contributed by atoms with E-state index < -0.39 is 21.2 Å². The standard InChI is InChI=1S/C16H14N2O3S3/c19-12-8-24(20,21)9-14(12)23-16-10-4-1-2-5-11(10)17-15(18-16)13-6-3-7-22-13/h1-7,12,14,19H,8-9H2/t12-,14-/m1/s1. The minimum atomic E-state index is -3.18. The molecule has 0 amide bonds. The van der Waals surface area contributed by atoms with E-state index in [0.717, 1.165) is 15.8 Å². The van der Waals surface area contributed by atoms with Crippen molar-refractivity contribution in [1.29, 1.82) is 0 Å². The number of thiophene rings is 1. The molecule has 1 saturated heterocycles. The molecular weight excluding hydrogens is 364 g/mol. The minimum absolute atomic E-state index is 0.0223. The molecular formula is C16H14N2O3S3. The second-order valence-electron chi connectivity index (χ2n) is 5.65. The number of rotatable bonds is 3. The zero-order valence-corrected chi connectivity index (χ0v) is 14.9. The van der Waals surface area contributed by atoms with Gasteiger partial charge in [-0.3, -0.25) is 0 Å². The van der Waals surface area contributed by atoms with Crippen LogP contribution in [0, 0.1) is 0 Å². The van der Waals surface area contributed by atoms with Gasteiger partial charge >= 0.3 is 0 Å². The predicted molar refractivity (Wildman–Crippen MR) is 97.2 cm³/mol. The van der Waals surface area contributed by atoms with Crippen molar-refractivity contribution in [2.24, 2.45) is 0 Å². The predicted octanol–water partition coefficient (Wildman–Crippen LogP) is 2.61.